The Bertz CT molecular complexity index is 1320. The van der Waals surface area contributed by atoms with Crippen LogP contribution in [-0.4, -0.2) is 33.4 Å². The van der Waals surface area contributed by atoms with Crippen LogP contribution < -0.4 is 9.64 Å². The van der Waals surface area contributed by atoms with Gasteiger partial charge < -0.3 is 9.84 Å². The van der Waals surface area contributed by atoms with Crippen LogP contribution in [0.15, 0.2) is 60.7 Å². The minimum atomic E-state index is -4.87. The number of benzene rings is 2. The molecule has 10 heteroatoms. The van der Waals surface area contributed by atoms with E-state index in [1.54, 1.807) is 25.1 Å². The van der Waals surface area contributed by atoms with E-state index >= 15 is 0 Å². The molecule has 1 aliphatic carbocycles. The number of aromatic nitrogens is 2. The summed E-state index contributed by atoms with van der Waals surface area (Å²) in [5.74, 6) is -2.81. The second kappa shape index (κ2) is 10.8. The van der Waals surface area contributed by atoms with E-state index in [1.165, 1.54) is 43.0 Å². The predicted octanol–water partition coefficient (Wildman–Crippen LogP) is 5.74. The second-order valence-corrected chi connectivity index (χ2v) is 10.1. The second-order valence-electron chi connectivity index (χ2n) is 10.1. The largest absolute Gasteiger partial charge is 0.573 e. The van der Waals surface area contributed by atoms with Crippen LogP contribution in [0, 0.1) is 12.8 Å². The summed E-state index contributed by atoms with van der Waals surface area (Å²) in [4.78, 5) is 27.8. The zero-order valence-corrected chi connectivity index (χ0v) is 21.3. The van der Waals surface area contributed by atoms with Crippen LogP contribution in [0.1, 0.15) is 72.6 Å². The average molecular weight is 540 g/mol. The SMILES string of the molecule is Cc1ccc(N2C(=O)C(=O)C(C(O)c3ccc(C4CCCCC4)cc3)C2c2ccc(OC(F)(F)F)cc2)nn1. The third-order valence-corrected chi connectivity index (χ3v) is 7.53. The van der Waals surface area contributed by atoms with Crippen molar-refractivity contribution in [2.75, 3.05) is 4.90 Å². The number of nitrogens with zero attached hydrogens (tertiary/aromatic N) is 3. The van der Waals surface area contributed by atoms with Gasteiger partial charge in [-0.25, -0.2) is 0 Å². The molecule has 3 unspecified atom stereocenters. The van der Waals surface area contributed by atoms with E-state index in [2.05, 4.69) is 14.9 Å². The fourth-order valence-corrected chi connectivity index (χ4v) is 5.61. The number of ketones is 1. The van der Waals surface area contributed by atoms with Gasteiger partial charge in [0.2, 0.25) is 5.78 Å². The maximum absolute atomic E-state index is 13.4. The highest BCUT2D eigenvalue weighted by Gasteiger charge is 2.52. The topological polar surface area (TPSA) is 92.6 Å². The number of carbonyl (C=O) groups is 2. The van der Waals surface area contributed by atoms with Crippen molar-refractivity contribution >= 4 is 17.5 Å². The first-order valence-corrected chi connectivity index (χ1v) is 12.9. The number of aliphatic hydroxyl groups excluding tert-OH is 1. The summed E-state index contributed by atoms with van der Waals surface area (Å²) in [5, 5.41) is 19.5. The molecule has 0 radical (unpaired) electrons. The molecule has 3 aromatic rings. The molecule has 2 heterocycles. The van der Waals surface area contributed by atoms with E-state index in [0.717, 1.165) is 29.9 Å². The monoisotopic (exact) mass is 539 g/mol. The zero-order valence-electron chi connectivity index (χ0n) is 21.3. The summed E-state index contributed by atoms with van der Waals surface area (Å²) in [6, 6.07) is 14.5. The third kappa shape index (κ3) is 5.66. The van der Waals surface area contributed by atoms with Crippen molar-refractivity contribution in [3.63, 3.8) is 0 Å². The number of hydrogen-bond donors (Lipinski definition) is 1. The Balaban J connectivity index is 1.50. The summed E-state index contributed by atoms with van der Waals surface area (Å²) in [5.41, 5.74) is 2.58. The maximum atomic E-state index is 13.4. The lowest BCUT2D eigenvalue weighted by Crippen LogP contribution is -2.31. The minimum absolute atomic E-state index is 0.0990. The molecule has 39 heavy (non-hydrogen) atoms. The van der Waals surface area contributed by atoms with E-state index in [9.17, 15) is 27.9 Å². The highest BCUT2D eigenvalue weighted by molar-refractivity contribution is 6.44. The number of anilines is 1. The quantitative estimate of drug-likeness (QED) is 0.402. The van der Waals surface area contributed by atoms with Crippen molar-refractivity contribution in [2.24, 2.45) is 5.92 Å². The smallest absolute Gasteiger partial charge is 0.406 e. The first kappa shape index (κ1) is 26.8. The average Bonchev–Trinajstić information content (AvgIpc) is 3.19. The van der Waals surface area contributed by atoms with Gasteiger partial charge in [-0.3, -0.25) is 14.5 Å². The molecule has 2 fully saturated rings. The highest BCUT2D eigenvalue weighted by atomic mass is 19.4. The van der Waals surface area contributed by atoms with Crippen LogP contribution in [-0.2, 0) is 9.59 Å². The number of Topliss-reactive ketones (excluding diaryl/α,β-unsaturated/α-hetero) is 1. The van der Waals surface area contributed by atoms with Crippen molar-refractivity contribution in [1.29, 1.82) is 0 Å². The number of aliphatic hydroxyl groups is 1. The molecule has 3 atom stereocenters. The van der Waals surface area contributed by atoms with Gasteiger partial charge in [0.15, 0.2) is 5.82 Å². The molecule has 204 valence electrons. The molecule has 1 saturated carbocycles. The van der Waals surface area contributed by atoms with Gasteiger partial charge in [-0.15, -0.1) is 18.3 Å². The number of hydrogen-bond acceptors (Lipinski definition) is 6. The van der Waals surface area contributed by atoms with Gasteiger partial charge in [0.25, 0.3) is 5.91 Å². The van der Waals surface area contributed by atoms with Crippen LogP contribution in [0.4, 0.5) is 19.0 Å². The zero-order chi connectivity index (χ0) is 27.7. The Hall–Kier alpha value is -3.79. The van der Waals surface area contributed by atoms with E-state index in [0.29, 0.717) is 22.7 Å². The minimum Gasteiger partial charge on any atom is -0.406 e. The lowest BCUT2D eigenvalue weighted by atomic mass is 9.82. The molecule has 1 N–H and O–H groups in total. The number of ether oxygens (including phenoxy) is 1. The van der Waals surface area contributed by atoms with Crippen molar-refractivity contribution in [3.8, 4) is 5.75 Å². The molecule has 2 aromatic carbocycles. The summed E-state index contributed by atoms with van der Waals surface area (Å²) >= 11 is 0. The van der Waals surface area contributed by atoms with Crippen LogP contribution in [0.25, 0.3) is 0 Å². The van der Waals surface area contributed by atoms with E-state index in [-0.39, 0.29) is 5.82 Å². The highest BCUT2D eigenvalue weighted by Crippen LogP contribution is 2.45. The third-order valence-electron chi connectivity index (χ3n) is 7.53. The summed E-state index contributed by atoms with van der Waals surface area (Å²) < 4.78 is 42.1. The molecule has 2 aliphatic rings. The van der Waals surface area contributed by atoms with Gasteiger partial charge in [-0.2, -0.15) is 5.10 Å². The molecule has 0 bridgehead atoms. The summed E-state index contributed by atoms with van der Waals surface area (Å²) in [7, 11) is 0. The molecule has 7 nitrogen and oxygen atoms in total. The first-order valence-electron chi connectivity index (χ1n) is 12.9. The molecule has 5 rings (SSSR count). The normalized spacial score (nSPS) is 21.3. The van der Waals surface area contributed by atoms with Gasteiger partial charge in [-0.1, -0.05) is 55.7 Å². The Morgan fingerprint density at radius 1 is 0.897 bits per heavy atom. The van der Waals surface area contributed by atoms with E-state index in [1.807, 2.05) is 12.1 Å². The first-order chi connectivity index (χ1) is 18.6. The Morgan fingerprint density at radius 3 is 2.13 bits per heavy atom. The van der Waals surface area contributed by atoms with Crippen molar-refractivity contribution in [1.82, 2.24) is 10.2 Å². The molecular weight excluding hydrogens is 511 g/mol. The summed E-state index contributed by atoms with van der Waals surface area (Å²) in [6.45, 7) is 1.72. The molecule has 1 amide bonds. The van der Waals surface area contributed by atoms with Crippen molar-refractivity contribution < 1.29 is 32.6 Å². The molecule has 1 aliphatic heterocycles. The lowest BCUT2D eigenvalue weighted by Gasteiger charge is -2.29. The standard InChI is InChI=1S/C29H28F3N3O4/c1-17-7-16-23(34-33-17)35-25(20-12-14-22(15-13-20)39-29(30,31)32)24(27(37)28(35)38)26(36)21-10-8-19(9-11-21)18-5-3-2-4-6-18/h7-16,18,24-26,36H,2-6H2,1H3. The number of rotatable bonds is 6. The van der Waals surface area contributed by atoms with Crippen LogP contribution in [0.3, 0.4) is 0 Å². The molecule has 0 spiro atoms. The number of amides is 1. The van der Waals surface area contributed by atoms with E-state index in [4.69, 9.17) is 0 Å². The number of halogens is 3. The Kier molecular flexibility index (Phi) is 7.40. The van der Waals surface area contributed by atoms with Gasteiger partial charge in [0, 0.05) is 0 Å². The van der Waals surface area contributed by atoms with Gasteiger partial charge in [-0.05, 0) is 66.6 Å². The Labute approximate surface area is 223 Å². The lowest BCUT2D eigenvalue weighted by molar-refractivity contribution is -0.274. The van der Waals surface area contributed by atoms with Crippen molar-refractivity contribution in [2.45, 2.75) is 63.5 Å². The van der Waals surface area contributed by atoms with Gasteiger partial charge >= 0.3 is 6.36 Å². The molecular formula is C29H28F3N3O4. The van der Waals surface area contributed by atoms with E-state index < -0.39 is 41.9 Å². The number of carbonyl (C=O) groups excluding carboxylic acids is 2. The number of alkyl halides is 3. The van der Waals surface area contributed by atoms with Gasteiger partial charge in [0.05, 0.1) is 23.8 Å². The predicted molar refractivity (Wildman–Crippen MR) is 136 cm³/mol. The fraction of sp³-hybridized carbons (Fsp3) is 0.379. The van der Waals surface area contributed by atoms with Crippen molar-refractivity contribution in [3.05, 3.63) is 83.0 Å². The number of aryl methyl sites for hydroxylation is 1. The maximum Gasteiger partial charge on any atom is 0.573 e. The Morgan fingerprint density at radius 2 is 1.54 bits per heavy atom. The van der Waals surface area contributed by atoms with Crippen LogP contribution in [0.2, 0.25) is 0 Å². The van der Waals surface area contributed by atoms with Crippen LogP contribution >= 0.6 is 0 Å². The van der Waals surface area contributed by atoms with Crippen LogP contribution in [0.5, 0.6) is 5.75 Å². The fourth-order valence-electron chi connectivity index (χ4n) is 5.61. The summed E-state index contributed by atoms with van der Waals surface area (Å²) in [6.07, 6.45) is -0.397. The molecule has 1 saturated heterocycles. The molecule has 1 aromatic heterocycles. The van der Waals surface area contributed by atoms with Gasteiger partial charge in [0.1, 0.15) is 5.75 Å².